The van der Waals surface area contributed by atoms with E-state index in [-0.39, 0.29) is 5.60 Å². The summed E-state index contributed by atoms with van der Waals surface area (Å²) in [5, 5.41) is 3.53. The fraction of sp³-hybridized carbons (Fsp3) is 1.00. The third-order valence-electron chi connectivity index (χ3n) is 5.17. The van der Waals surface area contributed by atoms with Crippen molar-refractivity contribution in [3.8, 4) is 0 Å². The number of nitrogens with one attached hydrogen (secondary N) is 1. The lowest BCUT2D eigenvalue weighted by atomic mass is 9.66. The summed E-state index contributed by atoms with van der Waals surface area (Å²) in [7, 11) is 3.96. The standard InChI is InChI=1S/C15H29NO2/c1-14(2)6-8-15(17-4,9-7-14)13(16-3)12-5-10-18-11-12/h12-13,16H,5-11H2,1-4H3. The van der Waals surface area contributed by atoms with Crippen LogP contribution in [0.3, 0.4) is 0 Å². The minimum absolute atomic E-state index is 0.0165. The van der Waals surface area contributed by atoms with E-state index in [9.17, 15) is 0 Å². The van der Waals surface area contributed by atoms with Gasteiger partial charge < -0.3 is 14.8 Å². The number of ether oxygens (including phenoxy) is 2. The first-order valence-corrected chi connectivity index (χ1v) is 7.33. The largest absolute Gasteiger partial charge is 0.381 e. The van der Waals surface area contributed by atoms with E-state index in [1.54, 1.807) is 0 Å². The molecular weight excluding hydrogens is 226 g/mol. The first-order valence-electron chi connectivity index (χ1n) is 7.33. The number of likely N-dealkylation sites (N-methyl/N-ethyl adjacent to an activating group) is 1. The number of hydrogen-bond donors (Lipinski definition) is 1. The monoisotopic (exact) mass is 255 g/mol. The summed E-state index contributed by atoms with van der Waals surface area (Å²) in [6.45, 7) is 6.55. The van der Waals surface area contributed by atoms with Gasteiger partial charge in [-0.15, -0.1) is 0 Å². The van der Waals surface area contributed by atoms with E-state index in [0.29, 0.717) is 17.4 Å². The van der Waals surface area contributed by atoms with Gasteiger partial charge in [0.1, 0.15) is 0 Å². The molecule has 1 heterocycles. The van der Waals surface area contributed by atoms with Gasteiger partial charge in [0.15, 0.2) is 0 Å². The van der Waals surface area contributed by atoms with E-state index in [1.165, 1.54) is 32.1 Å². The van der Waals surface area contributed by atoms with Crippen LogP contribution in [0.25, 0.3) is 0 Å². The summed E-state index contributed by atoms with van der Waals surface area (Å²) in [5.74, 6) is 0.608. The van der Waals surface area contributed by atoms with E-state index in [2.05, 4.69) is 26.2 Å². The molecule has 3 heteroatoms. The molecule has 2 fully saturated rings. The first-order chi connectivity index (χ1) is 8.53. The Balaban J connectivity index is 2.10. The third kappa shape index (κ3) is 2.73. The second-order valence-electron chi connectivity index (χ2n) is 6.82. The van der Waals surface area contributed by atoms with Gasteiger partial charge in [0.05, 0.1) is 12.2 Å². The second kappa shape index (κ2) is 5.48. The van der Waals surface area contributed by atoms with Crippen molar-refractivity contribution in [2.24, 2.45) is 11.3 Å². The molecule has 1 saturated heterocycles. The lowest BCUT2D eigenvalue weighted by molar-refractivity contribution is -0.0974. The molecule has 0 bridgehead atoms. The van der Waals surface area contributed by atoms with Crippen molar-refractivity contribution < 1.29 is 9.47 Å². The molecule has 2 atom stereocenters. The first kappa shape index (κ1) is 14.3. The van der Waals surface area contributed by atoms with E-state index >= 15 is 0 Å². The SMILES string of the molecule is CNC(C1CCOC1)C1(OC)CCC(C)(C)CC1. The van der Waals surface area contributed by atoms with Gasteiger partial charge in [-0.05, 0) is 44.6 Å². The minimum atomic E-state index is 0.0165. The smallest absolute Gasteiger partial charge is 0.0834 e. The fourth-order valence-corrected chi connectivity index (χ4v) is 3.74. The molecule has 0 aromatic rings. The van der Waals surface area contributed by atoms with Crippen LogP contribution in [0.5, 0.6) is 0 Å². The van der Waals surface area contributed by atoms with Crippen LogP contribution < -0.4 is 5.32 Å². The minimum Gasteiger partial charge on any atom is -0.381 e. The quantitative estimate of drug-likeness (QED) is 0.837. The van der Waals surface area contributed by atoms with Crippen LogP contribution in [0.2, 0.25) is 0 Å². The summed E-state index contributed by atoms with van der Waals surface area (Å²) >= 11 is 0. The van der Waals surface area contributed by atoms with Crippen LogP contribution in [0.15, 0.2) is 0 Å². The maximum atomic E-state index is 6.02. The molecular formula is C15H29NO2. The van der Waals surface area contributed by atoms with Crippen molar-refractivity contribution >= 4 is 0 Å². The van der Waals surface area contributed by atoms with E-state index in [1.807, 2.05) is 7.11 Å². The topological polar surface area (TPSA) is 30.5 Å². The van der Waals surface area contributed by atoms with Crippen molar-refractivity contribution in [2.75, 3.05) is 27.4 Å². The van der Waals surface area contributed by atoms with Gasteiger partial charge in [0.25, 0.3) is 0 Å². The molecule has 1 N–H and O–H groups in total. The Bertz CT molecular complexity index is 262. The van der Waals surface area contributed by atoms with Crippen LogP contribution in [-0.4, -0.2) is 39.0 Å². The van der Waals surface area contributed by atoms with E-state index in [4.69, 9.17) is 9.47 Å². The average Bonchev–Trinajstić information content (AvgIpc) is 2.86. The zero-order valence-electron chi connectivity index (χ0n) is 12.4. The van der Waals surface area contributed by atoms with Gasteiger partial charge in [-0.2, -0.15) is 0 Å². The summed E-state index contributed by atoms with van der Waals surface area (Å²) in [5.41, 5.74) is 0.495. The molecule has 1 aliphatic heterocycles. The lowest BCUT2D eigenvalue weighted by Gasteiger charge is -2.48. The Morgan fingerprint density at radius 2 is 1.89 bits per heavy atom. The van der Waals surface area contributed by atoms with E-state index in [0.717, 1.165) is 13.2 Å². The molecule has 2 aliphatic rings. The second-order valence-corrected chi connectivity index (χ2v) is 6.82. The highest BCUT2D eigenvalue weighted by Crippen LogP contribution is 2.45. The molecule has 0 amide bonds. The Kier molecular flexibility index (Phi) is 4.35. The van der Waals surface area contributed by atoms with Crippen LogP contribution in [0.4, 0.5) is 0 Å². The highest BCUT2D eigenvalue weighted by molar-refractivity contribution is 5.01. The van der Waals surface area contributed by atoms with Crippen molar-refractivity contribution in [1.82, 2.24) is 5.32 Å². The summed E-state index contributed by atoms with van der Waals surface area (Å²) in [6, 6.07) is 0.432. The molecule has 1 aliphatic carbocycles. The van der Waals surface area contributed by atoms with Gasteiger partial charge >= 0.3 is 0 Å². The van der Waals surface area contributed by atoms with Crippen molar-refractivity contribution in [3.63, 3.8) is 0 Å². The average molecular weight is 255 g/mol. The van der Waals surface area contributed by atoms with Crippen LogP contribution >= 0.6 is 0 Å². The van der Waals surface area contributed by atoms with Crippen LogP contribution in [0.1, 0.15) is 46.0 Å². The maximum Gasteiger partial charge on any atom is 0.0834 e. The van der Waals surface area contributed by atoms with Crippen molar-refractivity contribution in [2.45, 2.75) is 57.6 Å². The lowest BCUT2D eigenvalue weighted by Crippen LogP contribution is -2.57. The summed E-state index contributed by atoms with van der Waals surface area (Å²) in [4.78, 5) is 0. The highest BCUT2D eigenvalue weighted by Gasteiger charge is 2.47. The number of hydrogen-bond acceptors (Lipinski definition) is 3. The maximum absolute atomic E-state index is 6.02. The Hall–Kier alpha value is -0.120. The molecule has 0 radical (unpaired) electrons. The van der Waals surface area contributed by atoms with Crippen LogP contribution in [0, 0.1) is 11.3 Å². The predicted molar refractivity (Wildman–Crippen MR) is 73.8 cm³/mol. The fourth-order valence-electron chi connectivity index (χ4n) is 3.74. The molecule has 3 nitrogen and oxygen atoms in total. The molecule has 18 heavy (non-hydrogen) atoms. The van der Waals surface area contributed by atoms with Crippen molar-refractivity contribution in [1.29, 1.82) is 0 Å². The number of methoxy groups -OCH3 is 1. The highest BCUT2D eigenvalue weighted by atomic mass is 16.5. The zero-order chi connectivity index (χ0) is 13.2. The normalized spacial score (nSPS) is 32.3. The van der Waals surface area contributed by atoms with Gasteiger partial charge in [-0.1, -0.05) is 13.8 Å². The summed E-state index contributed by atoms with van der Waals surface area (Å²) in [6.07, 6.45) is 6.01. The predicted octanol–water partition coefficient (Wildman–Crippen LogP) is 2.60. The molecule has 0 spiro atoms. The van der Waals surface area contributed by atoms with Gasteiger partial charge in [0.2, 0.25) is 0 Å². The number of rotatable bonds is 4. The van der Waals surface area contributed by atoms with Gasteiger partial charge in [-0.3, -0.25) is 0 Å². The molecule has 2 unspecified atom stereocenters. The molecule has 0 aromatic heterocycles. The Labute approximate surface area is 112 Å². The van der Waals surface area contributed by atoms with E-state index < -0.39 is 0 Å². The summed E-state index contributed by atoms with van der Waals surface area (Å²) < 4.78 is 11.6. The molecule has 2 rings (SSSR count). The van der Waals surface area contributed by atoms with Crippen LogP contribution in [-0.2, 0) is 9.47 Å². The molecule has 106 valence electrons. The Morgan fingerprint density at radius 3 is 2.33 bits per heavy atom. The molecule has 0 aromatic carbocycles. The third-order valence-corrected chi connectivity index (χ3v) is 5.17. The zero-order valence-corrected chi connectivity index (χ0v) is 12.4. The van der Waals surface area contributed by atoms with Gasteiger partial charge in [-0.25, -0.2) is 0 Å². The Morgan fingerprint density at radius 1 is 1.22 bits per heavy atom. The van der Waals surface area contributed by atoms with Gasteiger partial charge in [0, 0.05) is 25.7 Å². The molecule has 1 saturated carbocycles. The van der Waals surface area contributed by atoms with Crippen molar-refractivity contribution in [3.05, 3.63) is 0 Å².